The molecular formula is C22H26N10O. The zero-order valence-corrected chi connectivity index (χ0v) is 18.8. The number of aromatic nitrogens is 8. The quantitative estimate of drug-likeness (QED) is 0.438. The van der Waals surface area contributed by atoms with Crippen LogP contribution in [0.2, 0.25) is 0 Å². The van der Waals surface area contributed by atoms with E-state index in [9.17, 15) is 4.79 Å². The third-order valence-corrected chi connectivity index (χ3v) is 5.85. The van der Waals surface area contributed by atoms with Gasteiger partial charge in [0.05, 0.1) is 18.1 Å². The van der Waals surface area contributed by atoms with Gasteiger partial charge >= 0.3 is 0 Å². The van der Waals surface area contributed by atoms with Gasteiger partial charge in [0, 0.05) is 45.2 Å². The van der Waals surface area contributed by atoms with Crippen molar-refractivity contribution in [2.24, 2.45) is 7.05 Å². The molecule has 0 aliphatic carbocycles. The molecule has 0 saturated carbocycles. The largest absolute Gasteiger partial charge is 0.352 e. The molecule has 0 unspecified atom stereocenters. The summed E-state index contributed by atoms with van der Waals surface area (Å²) < 4.78 is 1.76. The van der Waals surface area contributed by atoms with Crippen LogP contribution < -0.4 is 4.90 Å². The van der Waals surface area contributed by atoms with Gasteiger partial charge in [0.1, 0.15) is 11.6 Å². The second kappa shape index (κ2) is 8.93. The van der Waals surface area contributed by atoms with Crippen molar-refractivity contribution < 1.29 is 4.79 Å². The van der Waals surface area contributed by atoms with Gasteiger partial charge in [0.15, 0.2) is 5.65 Å². The molecule has 0 radical (unpaired) electrons. The number of anilines is 1. The standard InChI is InChI=1S/C22H26N10O/c1-16-24-21-18(15-23-29(21)2)22(25-16)31-13-11-30(12-14-31)19(33)9-6-10-32-27-20(26-28-32)17-7-4-3-5-8-17/h3-5,7-8,15H,6,9-14H2,1-2H3. The van der Waals surface area contributed by atoms with Gasteiger partial charge in [0.2, 0.25) is 11.7 Å². The van der Waals surface area contributed by atoms with E-state index in [1.807, 2.05) is 55.4 Å². The lowest BCUT2D eigenvalue weighted by atomic mass is 10.2. The monoisotopic (exact) mass is 446 g/mol. The minimum atomic E-state index is 0.156. The Balaban J connectivity index is 1.13. The average molecular weight is 447 g/mol. The van der Waals surface area contributed by atoms with Gasteiger partial charge in [0.25, 0.3) is 0 Å². The highest BCUT2D eigenvalue weighted by Crippen LogP contribution is 2.24. The summed E-state index contributed by atoms with van der Waals surface area (Å²) >= 11 is 0. The molecule has 1 fully saturated rings. The van der Waals surface area contributed by atoms with E-state index < -0.39 is 0 Å². The van der Waals surface area contributed by atoms with Crippen molar-refractivity contribution in [2.45, 2.75) is 26.3 Å². The van der Waals surface area contributed by atoms with Crippen LogP contribution in [0.5, 0.6) is 0 Å². The van der Waals surface area contributed by atoms with Crippen LogP contribution in [-0.2, 0) is 18.4 Å². The van der Waals surface area contributed by atoms with E-state index in [2.05, 4.69) is 35.4 Å². The molecule has 0 N–H and O–H groups in total. The number of carbonyl (C=O) groups is 1. The Kier molecular flexibility index (Phi) is 5.68. The van der Waals surface area contributed by atoms with E-state index in [0.29, 0.717) is 38.3 Å². The van der Waals surface area contributed by atoms with E-state index in [1.54, 1.807) is 9.48 Å². The van der Waals surface area contributed by atoms with Gasteiger partial charge in [-0.3, -0.25) is 9.48 Å². The maximum absolute atomic E-state index is 12.7. The summed E-state index contributed by atoms with van der Waals surface area (Å²) in [7, 11) is 1.88. The molecular weight excluding hydrogens is 420 g/mol. The zero-order chi connectivity index (χ0) is 22.8. The molecule has 0 atom stereocenters. The minimum absolute atomic E-state index is 0.156. The second-order valence-electron chi connectivity index (χ2n) is 8.15. The number of nitrogens with zero attached hydrogens (tertiary/aromatic N) is 10. The van der Waals surface area contributed by atoms with Gasteiger partial charge in [-0.1, -0.05) is 30.3 Å². The second-order valence-corrected chi connectivity index (χ2v) is 8.15. The SMILES string of the molecule is Cc1nc(N2CCN(C(=O)CCCn3nnc(-c4ccccc4)n3)CC2)c2cnn(C)c2n1. The van der Waals surface area contributed by atoms with E-state index in [4.69, 9.17) is 0 Å². The fourth-order valence-electron chi connectivity index (χ4n) is 4.09. The summed E-state index contributed by atoms with van der Waals surface area (Å²) in [5, 5.41) is 17.9. The van der Waals surface area contributed by atoms with Crippen molar-refractivity contribution in [1.29, 1.82) is 0 Å². The number of hydrogen-bond donors (Lipinski definition) is 0. The molecule has 1 aliphatic heterocycles. The number of benzene rings is 1. The molecule has 33 heavy (non-hydrogen) atoms. The van der Waals surface area contributed by atoms with Crippen LogP contribution in [0.3, 0.4) is 0 Å². The number of fused-ring (bicyclic) bond motifs is 1. The van der Waals surface area contributed by atoms with Gasteiger partial charge in [-0.2, -0.15) is 9.90 Å². The summed E-state index contributed by atoms with van der Waals surface area (Å²) in [6.45, 7) is 5.26. The van der Waals surface area contributed by atoms with E-state index in [0.717, 1.165) is 41.3 Å². The van der Waals surface area contributed by atoms with Crippen molar-refractivity contribution >= 4 is 22.8 Å². The van der Waals surface area contributed by atoms with Gasteiger partial charge < -0.3 is 9.80 Å². The van der Waals surface area contributed by atoms with E-state index >= 15 is 0 Å². The number of rotatable bonds is 6. The van der Waals surface area contributed by atoms with Crippen molar-refractivity contribution in [2.75, 3.05) is 31.1 Å². The van der Waals surface area contributed by atoms with Gasteiger partial charge in [-0.25, -0.2) is 9.97 Å². The summed E-state index contributed by atoms with van der Waals surface area (Å²) in [6.07, 6.45) is 2.94. The Morgan fingerprint density at radius 1 is 1.06 bits per heavy atom. The molecule has 1 amide bonds. The minimum Gasteiger partial charge on any atom is -0.352 e. The number of amides is 1. The highest BCUT2D eigenvalue weighted by molar-refractivity contribution is 5.87. The van der Waals surface area contributed by atoms with Crippen LogP contribution >= 0.6 is 0 Å². The molecule has 170 valence electrons. The third kappa shape index (κ3) is 4.38. The average Bonchev–Trinajstić information content (AvgIpc) is 3.46. The lowest BCUT2D eigenvalue weighted by Gasteiger charge is -2.35. The molecule has 4 aromatic rings. The van der Waals surface area contributed by atoms with Gasteiger partial charge in [-0.05, 0) is 18.6 Å². The first-order chi connectivity index (χ1) is 16.1. The third-order valence-electron chi connectivity index (χ3n) is 5.85. The van der Waals surface area contributed by atoms with E-state index in [1.165, 1.54) is 0 Å². The number of piperazine rings is 1. The first-order valence-corrected chi connectivity index (χ1v) is 11.1. The fraction of sp³-hybridized carbons (Fsp3) is 0.409. The topological polar surface area (TPSA) is 111 Å². The summed E-state index contributed by atoms with van der Waals surface area (Å²) in [4.78, 5) is 27.6. The number of hydrogen-bond acceptors (Lipinski definition) is 8. The molecule has 1 saturated heterocycles. The summed E-state index contributed by atoms with van der Waals surface area (Å²) in [5.41, 5.74) is 1.76. The maximum atomic E-state index is 12.7. The predicted molar refractivity (Wildman–Crippen MR) is 122 cm³/mol. The van der Waals surface area contributed by atoms with Crippen LogP contribution in [0.15, 0.2) is 36.5 Å². The number of carbonyl (C=O) groups excluding carboxylic acids is 1. The van der Waals surface area contributed by atoms with Crippen molar-refractivity contribution in [3.05, 3.63) is 42.4 Å². The Labute approximate surface area is 191 Å². The smallest absolute Gasteiger partial charge is 0.222 e. The lowest BCUT2D eigenvalue weighted by Crippen LogP contribution is -2.49. The highest BCUT2D eigenvalue weighted by atomic mass is 16.2. The number of aryl methyl sites for hydroxylation is 3. The molecule has 3 aromatic heterocycles. The zero-order valence-electron chi connectivity index (χ0n) is 18.8. The van der Waals surface area contributed by atoms with Crippen LogP contribution in [0.4, 0.5) is 5.82 Å². The lowest BCUT2D eigenvalue weighted by molar-refractivity contribution is -0.131. The molecule has 1 aliphatic rings. The van der Waals surface area contributed by atoms with Crippen molar-refractivity contribution in [3.63, 3.8) is 0 Å². The summed E-state index contributed by atoms with van der Waals surface area (Å²) in [6, 6.07) is 9.74. The molecule has 4 heterocycles. The molecule has 5 rings (SSSR count). The van der Waals surface area contributed by atoms with Crippen molar-refractivity contribution in [3.8, 4) is 11.4 Å². The van der Waals surface area contributed by atoms with E-state index in [-0.39, 0.29) is 5.91 Å². The normalized spacial score (nSPS) is 14.2. The maximum Gasteiger partial charge on any atom is 0.222 e. The molecule has 1 aromatic carbocycles. The molecule has 11 heteroatoms. The first kappa shape index (κ1) is 21.0. The first-order valence-electron chi connectivity index (χ1n) is 11.1. The fourth-order valence-corrected chi connectivity index (χ4v) is 4.09. The Morgan fingerprint density at radius 2 is 1.85 bits per heavy atom. The predicted octanol–water partition coefficient (Wildman–Crippen LogP) is 1.45. The molecule has 11 nitrogen and oxygen atoms in total. The van der Waals surface area contributed by atoms with Crippen LogP contribution in [-0.4, -0.2) is 76.9 Å². The van der Waals surface area contributed by atoms with Crippen LogP contribution in [0.1, 0.15) is 18.7 Å². The number of tetrazole rings is 1. The molecule has 0 spiro atoms. The van der Waals surface area contributed by atoms with Crippen LogP contribution in [0.25, 0.3) is 22.4 Å². The van der Waals surface area contributed by atoms with Gasteiger partial charge in [-0.15, -0.1) is 10.2 Å². The summed E-state index contributed by atoms with van der Waals surface area (Å²) in [5.74, 6) is 2.37. The highest BCUT2D eigenvalue weighted by Gasteiger charge is 2.24. The Morgan fingerprint density at radius 3 is 2.64 bits per heavy atom. The Bertz CT molecular complexity index is 1260. The molecule has 0 bridgehead atoms. The van der Waals surface area contributed by atoms with Crippen molar-refractivity contribution in [1.82, 2.24) is 44.9 Å². The Hall–Kier alpha value is -3.89. The van der Waals surface area contributed by atoms with Crippen LogP contribution in [0, 0.1) is 6.92 Å².